The van der Waals surface area contributed by atoms with E-state index in [1.165, 1.54) is 0 Å². The summed E-state index contributed by atoms with van der Waals surface area (Å²) in [6.07, 6.45) is 0.750. The maximum Gasteiger partial charge on any atom is 0.317 e. The molecule has 1 N–H and O–H groups in total. The number of rotatable bonds is 9. The third kappa shape index (κ3) is 6.30. The average molecular weight is 271 g/mol. The van der Waals surface area contributed by atoms with Gasteiger partial charge in [-0.3, -0.25) is 9.69 Å². The van der Waals surface area contributed by atoms with Crippen molar-refractivity contribution in [1.29, 1.82) is 0 Å². The Kier molecular flexibility index (Phi) is 6.44. The smallest absolute Gasteiger partial charge is 0.317 e. The minimum absolute atomic E-state index is 0.0781. The summed E-state index contributed by atoms with van der Waals surface area (Å²) in [5.74, 6) is 0.659. The van der Waals surface area contributed by atoms with Crippen molar-refractivity contribution in [2.24, 2.45) is 5.92 Å². The van der Waals surface area contributed by atoms with Crippen molar-refractivity contribution in [2.45, 2.75) is 26.8 Å². The lowest BCUT2D eigenvalue weighted by Gasteiger charge is -2.17. The van der Waals surface area contributed by atoms with Gasteiger partial charge in [-0.1, -0.05) is 19.0 Å². The summed E-state index contributed by atoms with van der Waals surface area (Å²) >= 11 is 0. The molecule has 0 spiro atoms. The highest BCUT2D eigenvalue weighted by atomic mass is 16.5. The van der Waals surface area contributed by atoms with Gasteiger partial charge in [0.25, 0.3) is 0 Å². The molecule has 0 saturated heterocycles. The number of carbonyl (C=O) groups is 1. The Morgan fingerprint density at radius 1 is 1.53 bits per heavy atom. The summed E-state index contributed by atoms with van der Waals surface area (Å²) in [5, 5.41) is 12.7. The lowest BCUT2D eigenvalue weighted by Crippen LogP contribution is -2.32. The highest BCUT2D eigenvalue weighted by Crippen LogP contribution is 2.07. The predicted molar refractivity (Wildman–Crippen MR) is 67.6 cm³/mol. The van der Waals surface area contributed by atoms with Crippen LogP contribution in [0.1, 0.15) is 25.6 Å². The van der Waals surface area contributed by atoms with E-state index in [1.807, 2.05) is 0 Å². The van der Waals surface area contributed by atoms with Crippen LogP contribution in [0.3, 0.4) is 0 Å². The highest BCUT2D eigenvalue weighted by Gasteiger charge is 2.15. The van der Waals surface area contributed by atoms with E-state index in [2.05, 4.69) is 24.0 Å². The van der Waals surface area contributed by atoms with Crippen molar-refractivity contribution in [3.63, 3.8) is 0 Å². The normalized spacial score (nSPS) is 11.4. The van der Waals surface area contributed by atoms with Crippen LogP contribution in [0.2, 0.25) is 0 Å². The molecule has 0 saturated carbocycles. The maximum absolute atomic E-state index is 10.8. The van der Waals surface area contributed by atoms with E-state index in [9.17, 15) is 4.79 Å². The van der Waals surface area contributed by atoms with Gasteiger partial charge in [0.2, 0.25) is 5.89 Å². The molecule has 0 aromatic carbocycles. The highest BCUT2D eigenvalue weighted by molar-refractivity contribution is 5.69. The Morgan fingerprint density at radius 3 is 2.84 bits per heavy atom. The van der Waals surface area contributed by atoms with Gasteiger partial charge in [0.15, 0.2) is 5.82 Å². The Labute approximate surface area is 112 Å². The van der Waals surface area contributed by atoms with E-state index in [-0.39, 0.29) is 6.54 Å². The zero-order chi connectivity index (χ0) is 14.3. The number of hydrogen-bond acceptors (Lipinski definition) is 6. The number of nitrogens with zero attached hydrogens (tertiary/aromatic N) is 3. The van der Waals surface area contributed by atoms with Crippen LogP contribution in [0.15, 0.2) is 4.52 Å². The van der Waals surface area contributed by atoms with Gasteiger partial charge >= 0.3 is 5.97 Å². The monoisotopic (exact) mass is 271 g/mol. The van der Waals surface area contributed by atoms with Gasteiger partial charge in [-0.2, -0.15) is 4.98 Å². The molecule has 1 aromatic rings. The van der Waals surface area contributed by atoms with Gasteiger partial charge in [0.1, 0.15) is 0 Å². The molecule has 0 amide bonds. The molecule has 7 nitrogen and oxygen atoms in total. The summed E-state index contributed by atoms with van der Waals surface area (Å²) in [6, 6.07) is 0. The van der Waals surface area contributed by atoms with Crippen molar-refractivity contribution >= 4 is 5.97 Å². The first-order valence-corrected chi connectivity index (χ1v) is 6.25. The molecular weight excluding hydrogens is 250 g/mol. The summed E-state index contributed by atoms with van der Waals surface area (Å²) < 4.78 is 10.1. The molecule has 0 fully saturated rings. The Balaban J connectivity index is 2.56. The van der Waals surface area contributed by atoms with Gasteiger partial charge < -0.3 is 14.4 Å². The Bertz CT molecular complexity index is 392. The summed E-state index contributed by atoms with van der Waals surface area (Å²) in [6.45, 7) is 5.35. The minimum Gasteiger partial charge on any atom is -0.480 e. The molecule has 1 aromatic heterocycles. The number of aliphatic carboxylic acids is 1. The molecular formula is C12H21N3O4. The van der Waals surface area contributed by atoms with Crippen LogP contribution in [0.25, 0.3) is 0 Å². The molecule has 108 valence electrons. The van der Waals surface area contributed by atoms with E-state index in [0.717, 1.165) is 6.42 Å². The molecule has 19 heavy (non-hydrogen) atoms. The molecule has 0 radical (unpaired) electrons. The van der Waals surface area contributed by atoms with Crippen molar-refractivity contribution in [3.05, 3.63) is 11.7 Å². The fourth-order valence-corrected chi connectivity index (χ4v) is 1.62. The van der Waals surface area contributed by atoms with E-state index in [1.54, 1.807) is 12.0 Å². The van der Waals surface area contributed by atoms with Gasteiger partial charge in [0.05, 0.1) is 19.7 Å². The zero-order valence-electron chi connectivity index (χ0n) is 11.6. The van der Waals surface area contributed by atoms with E-state index in [4.69, 9.17) is 14.4 Å². The van der Waals surface area contributed by atoms with Crippen molar-refractivity contribution < 1.29 is 19.2 Å². The molecule has 0 aliphatic carbocycles. The van der Waals surface area contributed by atoms with Crippen molar-refractivity contribution in [2.75, 3.05) is 26.8 Å². The maximum atomic E-state index is 10.8. The molecule has 0 bridgehead atoms. The quantitative estimate of drug-likeness (QED) is 0.710. The van der Waals surface area contributed by atoms with Crippen LogP contribution >= 0.6 is 0 Å². The molecule has 0 aliphatic rings. The summed E-state index contributed by atoms with van der Waals surface area (Å²) in [4.78, 5) is 16.7. The second-order valence-electron chi connectivity index (χ2n) is 4.80. The number of ether oxygens (including phenoxy) is 1. The molecule has 0 atom stereocenters. The zero-order valence-corrected chi connectivity index (χ0v) is 11.6. The molecule has 1 rings (SSSR count). The SMILES string of the molecule is COCCN(CC(=O)O)Cc1nc(CC(C)C)no1. The van der Waals surface area contributed by atoms with Crippen LogP contribution in [-0.2, 0) is 22.5 Å². The number of carboxylic acid groups (broad SMARTS) is 1. The molecule has 0 unspecified atom stereocenters. The van der Waals surface area contributed by atoms with Crippen LogP contribution in [0, 0.1) is 5.92 Å². The molecule has 1 heterocycles. The minimum atomic E-state index is -0.891. The van der Waals surface area contributed by atoms with E-state index < -0.39 is 5.97 Å². The number of carboxylic acids is 1. The van der Waals surface area contributed by atoms with E-state index >= 15 is 0 Å². The van der Waals surface area contributed by atoms with Crippen LogP contribution in [0.4, 0.5) is 0 Å². The first-order chi connectivity index (χ1) is 9.01. The first kappa shape index (κ1) is 15.6. The standard InChI is InChI=1S/C12H21N3O4/c1-9(2)6-10-13-11(19-14-10)7-15(4-5-18-3)8-12(16)17/h9H,4-8H2,1-3H3,(H,16,17). The fourth-order valence-electron chi connectivity index (χ4n) is 1.62. The molecule has 7 heteroatoms. The Morgan fingerprint density at radius 2 is 2.26 bits per heavy atom. The van der Waals surface area contributed by atoms with Crippen molar-refractivity contribution in [3.8, 4) is 0 Å². The van der Waals surface area contributed by atoms with Gasteiger partial charge in [-0.05, 0) is 5.92 Å². The third-order valence-electron chi connectivity index (χ3n) is 2.43. The Hall–Kier alpha value is -1.47. The van der Waals surface area contributed by atoms with Crippen LogP contribution in [-0.4, -0.2) is 52.9 Å². The summed E-state index contributed by atoms with van der Waals surface area (Å²) in [5.41, 5.74) is 0. The second-order valence-corrected chi connectivity index (χ2v) is 4.80. The lowest BCUT2D eigenvalue weighted by atomic mass is 10.1. The average Bonchev–Trinajstić information content (AvgIpc) is 2.71. The van der Waals surface area contributed by atoms with Gasteiger partial charge in [-0.25, -0.2) is 0 Å². The lowest BCUT2D eigenvalue weighted by molar-refractivity contribution is -0.138. The number of aromatic nitrogens is 2. The van der Waals surface area contributed by atoms with Crippen LogP contribution < -0.4 is 0 Å². The number of hydrogen-bond donors (Lipinski definition) is 1. The summed E-state index contributed by atoms with van der Waals surface area (Å²) in [7, 11) is 1.58. The predicted octanol–water partition coefficient (Wildman–Crippen LogP) is 0.801. The number of methoxy groups -OCH3 is 1. The first-order valence-electron chi connectivity index (χ1n) is 6.25. The van der Waals surface area contributed by atoms with Crippen molar-refractivity contribution in [1.82, 2.24) is 15.0 Å². The topological polar surface area (TPSA) is 88.7 Å². The third-order valence-corrected chi connectivity index (χ3v) is 2.43. The van der Waals surface area contributed by atoms with Gasteiger partial charge in [-0.15, -0.1) is 0 Å². The van der Waals surface area contributed by atoms with Crippen LogP contribution in [0.5, 0.6) is 0 Å². The second kappa shape index (κ2) is 7.85. The van der Waals surface area contributed by atoms with Gasteiger partial charge in [0, 0.05) is 20.1 Å². The van der Waals surface area contributed by atoms with E-state index in [0.29, 0.717) is 37.3 Å². The largest absolute Gasteiger partial charge is 0.480 e. The molecule has 0 aliphatic heterocycles. The fraction of sp³-hybridized carbons (Fsp3) is 0.750.